The molecule has 0 aliphatic heterocycles. The number of hydrogen-bond acceptors (Lipinski definition) is 5. The summed E-state index contributed by atoms with van der Waals surface area (Å²) < 4.78 is 1.33. The molecule has 1 amide bonds. The van der Waals surface area contributed by atoms with Crippen LogP contribution in [0.2, 0.25) is 5.02 Å². The van der Waals surface area contributed by atoms with Crippen molar-refractivity contribution in [2.75, 3.05) is 39.0 Å². The van der Waals surface area contributed by atoms with Gasteiger partial charge in [0.1, 0.15) is 5.02 Å². The van der Waals surface area contributed by atoms with Crippen LogP contribution in [0.1, 0.15) is 6.92 Å². The highest BCUT2D eigenvalue weighted by atomic mass is 35.5. The molecular formula is C12H20ClN5O2. The quantitative estimate of drug-likeness (QED) is 0.694. The van der Waals surface area contributed by atoms with Crippen LogP contribution in [0.15, 0.2) is 11.0 Å². The van der Waals surface area contributed by atoms with Crippen LogP contribution in [0.25, 0.3) is 0 Å². The third-order valence-electron chi connectivity index (χ3n) is 2.56. The Morgan fingerprint density at radius 2 is 2.15 bits per heavy atom. The smallest absolute Gasteiger partial charge is 0.287 e. The minimum absolute atomic E-state index is 0.102. The Morgan fingerprint density at radius 3 is 2.75 bits per heavy atom. The van der Waals surface area contributed by atoms with Gasteiger partial charge < -0.3 is 15.5 Å². The van der Waals surface area contributed by atoms with Gasteiger partial charge in [-0.2, -0.15) is 5.10 Å². The predicted octanol–water partition coefficient (Wildman–Crippen LogP) is 0.00630. The molecule has 0 saturated carbocycles. The molecule has 1 rings (SSSR count). The van der Waals surface area contributed by atoms with Crippen molar-refractivity contribution in [2.45, 2.75) is 13.5 Å². The molecule has 7 nitrogen and oxygen atoms in total. The van der Waals surface area contributed by atoms with E-state index in [-0.39, 0.29) is 16.5 Å². The summed E-state index contributed by atoms with van der Waals surface area (Å²) in [7, 11) is 3.84. The first kappa shape index (κ1) is 16.5. The highest BCUT2D eigenvalue weighted by molar-refractivity contribution is 6.32. The molecule has 0 aromatic carbocycles. The van der Waals surface area contributed by atoms with Gasteiger partial charge in [0.05, 0.1) is 18.4 Å². The van der Waals surface area contributed by atoms with Gasteiger partial charge in [-0.05, 0) is 14.1 Å². The van der Waals surface area contributed by atoms with E-state index in [1.54, 1.807) is 0 Å². The fourth-order valence-electron chi connectivity index (χ4n) is 1.48. The highest BCUT2D eigenvalue weighted by Crippen LogP contribution is 2.14. The second-order valence-electron chi connectivity index (χ2n) is 4.61. The predicted molar refractivity (Wildman–Crippen MR) is 79.2 cm³/mol. The summed E-state index contributed by atoms with van der Waals surface area (Å²) >= 11 is 6.02. The van der Waals surface area contributed by atoms with Gasteiger partial charge in [-0.15, -0.1) is 0 Å². The third-order valence-corrected chi connectivity index (χ3v) is 2.92. The molecule has 0 radical (unpaired) electrons. The molecule has 0 saturated heterocycles. The van der Waals surface area contributed by atoms with Crippen LogP contribution >= 0.6 is 11.6 Å². The van der Waals surface area contributed by atoms with E-state index < -0.39 is 0 Å². The first-order valence-corrected chi connectivity index (χ1v) is 6.68. The molecule has 0 aliphatic rings. The first-order chi connectivity index (χ1) is 9.41. The monoisotopic (exact) mass is 301 g/mol. The lowest BCUT2D eigenvalue weighted by Crippen LogP contribution is -2.30. The van der Waals surface area contributed by atoms with E-state index in [4.69, 9.17) is 11.6 Å². The van der Waals surface area contributed by atoms with Crippen molar-refractivity contribution in [1.82, 2.24) is 20.0 Å². The SMILES string of the molecule is CC(=O)NCCNc1cnn(CCN(C)C)c(=O)c1Cl. The number of anilines is 1. The van der Waals surface area contributed by atoms with Crippen molar-refractivity contribution in [3.63, 3.8) is 0 Å². The highest BCUT2D eigenvalue weighted by Gasteiger charge is 2.09. The standard InChI is InChI=1S/C12H20ClN5O2/c1-9(19)14-4-5-15-10-8-16-18(7-6-17(2)3)12(20)11(10)13/h8,15H,4-7H2,1-3H3,(H,14,19). The average molecular weight is 302 g/mol. The second-order valence-corrected chi connectivity index (χ2v) is 4.99. The van der Waals surface area contributed by atoms with Gasteiger partial charge in [-0.25, -0.2) is 4.68 Å². The summed E-state index contributed by atoms with van der Waals surface area (Å²) in [6.45, 7) is 3.56. The number of likely N-dealkylation sites (N-methyl/N-ethyl adjacent to an activating group) is 1. The van der Waals surface area contributed by atoms with Crippen LogP contribution in [0.3, 0.4) is 0 Å². The van der Waals surface area contributed by atoms with Gasteiger partial charge in [0, 0.05) is 26.6 Å². The van der Waals surface area contributed by atoms with Crippen LogP contribution in [-0.2, 0) is 11.3 Å². The van der Waals surface area contributed by atoms with Gasteiger partial charge in [-0.1, -0.05) is 11.6 Å². The maximum Gasteiger partial charge on any atom is 0.287 e. The molecule has 0 unspecified atom stereocenters. The Hall–Kier alpha value is -1.60. The summed E-state index contributed by atoms with van der Waals surface area (Å²) in [6.07, 6.45) is 1.52. The Labute approximate surface area is 122 Å². The maximum absolute atomic E-state index is 12.0. The first-order valence-electron chi connectivity index (χ1n) is 6.30. The Balaban J connectivity index is 2.64. The number of aromatic nitrogens is 2. The van der Waals surface area contributed by atoms with Gasteiger partial charge in [-0.3, -0.25) is 9.59 Å². The van der Waals surface area contributed by atoms with E-state index >= 15 is 0 Å². The number of carbonyl (C=O) groups excluding carboxylic acids is 1. The van der Waals surface area contributed by atoms with E-state index in [0.717, 1.165) is 0 Å². The number of nitrogens with one attached hydrogen (secondary N) is 2. The van der Waals surface area contributed by atoms with Crippen LogP contribution in [0, 0.1) is 0 Å². The van der Waals surface area contributed by atoms with Crippen molar-refractivity contribution in [3.8, 4) is 0 Å². The van der Waals surface area contributed by atoms with E-state index in [1.165, 1.54) is 17.8 Å². The van der Waals surface area contributed by atoms with Gasteiger partial charge in [0.25, 0.3) is 5.56 Å². The van der Waals surface area contributed by atoms with Crippen molar-refractivity contribution < 1.29 is 4.79 Å². The minimum atomic E-state index is -0.321. The van der Waals surface area contributed by atoms with Gasteiger partial charge in [0.15, 0.2) is 0 Å². The minimum Gasteiger partial charge on any atom is -0.381 e. The lowest BCUT2D eigenvalue weighted by atomic mass is 10.4. The molecule has 0 atom stereocenters. The van der Waals surface area contributed by atoms with Crippen LogP contribution in [0.4, 0.5) is 5.69 Å². The Morgan fingerprint density at radius 1 is 1.45 bits per heavy atom. The molecule has 1 heterocycles. The largest absolute Gasteiger partial charge is 0.381 e. The summed E-state index contributed by atoms with van der Waals surface area (Å²) in [5.74, 6) is -0.102. The van der Waals surface area contributed by atoms with E-state index in [9.17, 15) is 9.59 Å². The molecule has 0 spiro atoms. The van der Waals surface area contributed by atoms with Crippen LogP contribution < -0.4 is 16.2 Å². The van der Waals surface area contributed by atoms with Crippen molar-refractivity contribution in [2.24, 2.45) is 0 Å². The normalized spacial score (nSPS) is 10.7. The number of nitrogens with zero attached hydrogens (tertiary/aromatic N) is 3. The molecule has 1 aromatic rings. The lowest BCUT2D eigenvalue weighted by Gasteiger charge is -2.12. The second kappa shape index (κ2) is 7.86. The van der Waals surface area contributed by atoms with Crippen molar-refractivity contribution in [3.05, 3.63) is 21.6 Å². The van der Waals surface area contributed by atoms with Crippen LogP contribution in [-0.4, -0.2) is 54.3 Å². The van der Waals surface area contributed by atoms with Crippen molar-refractivity contribution in [1.29, 1.82) is 0 Å². The van der Waals surface area contributed by atoms with E-state index in [0.29, 0.717) is 31.9 Å². The molecule has 0 bridgehead atoms. The van der Waals surface area contributed by atoms with Crippen LogP contribution in [0.5, 0.6) is 0 Å². The Kier molecular flexibility index (Phi) is 6.47. The number of halogens is 1. The zero-order chi connectivity index (χ0) is 15.1. The van der Waals surface area contributed by atoms with E-state index in [1.807, 2.05) is 19.0 Å². The molecular weight excluding hydrogens is 282 g/mol. The number of carbonyl (C=O) groups is 1. The zero-order valence-electron chi connectivity index (χ0n) is 11.9. The van der Waals surface area contributed by atoms with Gasteiger partial charge >= 0.3 is 0 Å². The van der Waals surface area contributed by atoms with Gasteiger partial charge in [0.2, 0.25) is 5.91 Å². The Bertz CT molecular complexity index is 515. The topological polar surface area (TPSA) is 79.3 Å². The summed E-state index contributed by atoms with van der Waals surface area (Å²) in [5, 5.41) is 9.79. The fourth-order valence-corrected chi connectivity index (χ4v) is 1.69. The summed E-state index contributed by atoms with van der Waals surface area (Å²) in [5.41, 5.74) is 0.154. The molecule has 2 N–H and O–H groups in total. The molecule has 112 valence electrons. The number of rotatable bonds is 7. The molecule has 20 heavy (non-hydrogen) atoms. The summed E-state index contributed by atoms with van der Waals surface area (Å²) in [4.78, 5) is 24.7. The summed E-state index contributed by atoms with van der Waals surface area (Å²) in [6, 6.07) is 0. The molecule has 0 aliphatic carbocycles. The lowest BCUT2D eigenvalue weighted by molar-refractivity contribution is -0.118. The third kappa shape index (κ3) is 5.18. The number of hydrogen-bond donors (Lipinski definition) is 2. The molecule has 8 heteroatoms. The zero-order valence-corrected chi connectivity index (χ0v) is 12.7. The molecule has 1 aromatic heterocycles. The number of amides is 1. The molecule has 0 fully saturated rings. The van der Waals surface area contributed by atoms with E-state index in [2.05, 4.69) is 15.7 Å². The fraction of sp³-hybridized carbons (Fsp3) is 0.583. The maximum atomic E-state index is 12.0. The van der Waals surface area contributed by atoms with Crippen molar-refractivity contribution >= 4 is 23.2 Å². The average Bonchev–Trinajstić information content (AvgIpc) is 2.37.